The second-order valence-corrected chi connectivity index (χ2v) is 4.69. The van der Waals surface area contributed by atoms with Gasteiger partial charge >= 0.3 is 0 Å². The second kappa shape index (κ2) is 6.38. The molecule has 0 radical (unpaired) electrons. The van der Waals surface area contributed by atoms with Gasteiger partial charge in [0.05, 0.1) is 5.69 Å². The molecule has 4 nitrogen and oxygen atoms in total. The van der Waals surface area contributed by atoms with Crippen molar-refractivity contribution in [3.63, 3.8) is 0 Å². The van der Waals surface area contributed by atoms with Crippen LogP contribution in [-0.4, -0.2) is 21.5 Å². The molecule has 19 heavy (non-hydrogen) atoms. The molecule has 0 aliphatic rings. The molecule has 2 aromatic rings. The van der Waals surface area contributed by atoms with Crippen molar-refractivity contribution in [3.05, 3.63) is 41.5 Å². The molecule has 2 aromatic heterocycles. The van der Waals surface area contributed by atoms with Crippen LogP contribution in [0.2, 0.25) is 0 Å². The maximum absolute atomic E-state index is 4.60. The number of nitrogens with zero attached hydrogens (tertiary/aromatic N) is 3. The van der Waals surface area contributed by atoms with Crippen molar-refractivity contribution >= 4 is 0 Å². The Morgan fingerprint density at radius 1 is 1.11 bits per heavy atom. The van der Waals surface area contributed by atoms with Gasteiger partial charge in [-0.05, 0) is 45.0 Å². The molecule has 0 saturated carbocycles. The summed E-state index contributed by atoms with van der Waals surface area (Å²) < 4.78 is 0. The van der Waals surface area contributed by atoms with Crippen LogP contribution in [0.5, 0.6) is 0 Å². The number of hydrogen-bond donors (Lipinski definition) is 1. The molecule has 2 heterocycles. The van der Waals surface area contributed by atoms with E-state index in [2.05, 4.69) is 27.2 Å². The molecule has 2 rings (SSSR count). The van der Waals surface area contributed by atoms with Gasteiger partial charge < -0.3 is 5.32 Å². The molecule has 0 atom stereocenters. The van der Waals surface area contributed by atoms with E-state index in [0.29, 0.717) is 0 Å². The van der Waals surface area contributed by atoms with Gasteiger partial charge in [0.25, 0.3) is 0 Å². The largest absolute Gasteiger partial charge is 0.311 e. The Morgan fingerprint density at radius 3 is 2.53 bits per heavy atom. The van der Waals surface area contributed by atoms with Crippen molar-refractivity contribution in [3.8, 4) is 11.4 Å². The fourth-order valence-corrected chi connectivity index (χ4v) is 1.99. The van der Waals surface area contributed by atoms with Gasteiger partial charge in [0.15, 0.2) is 5.82 Å². The molecule has 0 bridgehead atoms. The maximum atomic E-state index is 4.60. The maximum Gasteiger partial charge on any atom is 0.159 e. The first-order chi connectivity index (χ1) is 9.19. The first-order valence-corrected chi connectivity index (χ1v) is 6.67. The molecule has 0 spiro atoms. The predicted molar refractivity (Wildman–Crippen MR) is 76.7 cm³/mol. The molecule has 0 aromatic carbocycles. The normalized spacial score (nSPS) is 10.7. The van der Waals surface area contributed by atoms with Crippen molar-refractivity contribution in [1.29, 1.82) is 0 Å². The molecule has 4 heteroatoms. The van der Waals surface area contributed by atoms with Gasteiger partial charge in [-0.2, -0.15) is 0 Å². The Balaban J connectivity index is 2.22. The molecule has 0 aliphatic carbocycles. The highest BCUT2D eigenvalue weighted by Crippen LogP contribution is 2.16. The zero-order valence-corrected chi connectivity index (χ0v) is 11.8. The smallest absolute Gasteiger partial charge is 0.159 e. The van der Waals surface area contributed by atoms with Crippen molar-refractivity contribution in [2.45, 2.75) is 33.7 Å². The Labute approximate surface area is 114 Å². The molecular weight excluding hydrogens is 236 g/mol. The predicted octanol–water partition coefficient (Wildman–Crippen LogP) is 2.66. The number of rotatable bonds is 5. The zero-order chi connectivity index (χ0) is 13.7. The highest BCUT2D eigenvalue weighted by molar-refractivity contribution is 5.55. The lowest BCUT2D eigenvalue weighted by Gasteiger charge is -2.06. The van der Waals surface area contributed by atoms with Crippen molar-refractivity contribution in [2.75, 3.05) is 6.54 Å². The van der Waals surface area contributed by atoms with E-state index in [1.807, 2.05) is 38.2 Å². The Bertz CT molecular complexity index is 531. The Kier molecular flexibility index (Phi) is 4.58. The average Bonchev–Trinajstić information content (AvgIpc) is 2.38. The van der Waals surface area contributed by atoms with E-state index in [0.717, 1.165) is 48.0 Å². The summed E-state index contributed by atoms with van der Waals surface area (Å²) in [4.78, 5) is 13.3. The summed E-state index contributed by atoms with van der Waals surface area (Å²) in [5.74, 6) is 0.768. The van der Waals surface area contributed by atoms with E-state index < -0.39 is 0 Å². The SMILES string of the molecule is CCCNCc1ccnc(-c2cc(C)nc(C)c2)n1. The molecule has 0 amide bonds. The van der Waals surface area contributed by atoms with E-state index >= 15 is 0 Å². The van der Waals surface area contributed by atoms with E-state index in [-0.39, 0.29) is 0 Å². The van der Waals surface area contributed by atoms with Crippen LogP contribution < -0.4 is 5.32 Å². The van der Waals surface area contributed by atoms with Crippen LogP contribution in [0, 0.1) is 13.8 Å². The first-order valence-electron chi connectivity index (χ1n) is 6.67. The number of hydrogen-bond acceptors (Lipinski definition) is 4. The van der Waals surface area contributed by atoms with Crippen LogP contribution in [0.4, 0.5) is 0 Å². The number of pyridine rings is 1. The number of aromatic nitrogens is 3. The minimum Gasteiger partial charge on any atom is -0.311 e. The molecule has 0 fully saturated rings. The van der Waals surface area contributed by atoms with E-state index in [1.54, 1.807) is 0 Å². The van der Waals surface area contributed by atoms with Crippen molar-refractivity contribution in [2.24, 2.45) is 0 Å². The molecule has 0 saturated heterocycles. The quantitative estimate of drug-likeness (QED) is 0.836. The summed E-state index contributed by atoms with van der Waals surface area (Å²) in [7, 11) is 0. The summed E-state index contributed by atoms with van der Waals surface area (Å²) in [5, 5.41) is 3.35. The zero-order valence-electron chi connectivity index (χ0n) is 11.8. The van der Waals surface area contributed by atoms with Crippen LogP contribution in [0.25, 0.3) is 11.4 Å². The van der Waals surface area contributed by atoms with Gasteiger partial charge in [0.1, 0.15) is 0 Å². The highest BCUT2D eigenvalue weighted by Gasteiger charge is 2.04. The fraction of sp³-hybridized carbons (Fsp3) is 0.400. The second-order valence-electron chi connectivity index (χ2n) is 4.69. The number of nitrogens with one attached hydrogen (secondary N) is 1. The first kappa shape index (κ1) is 13.6. The standard InChI is InChI=1S/C15H20N4/c1-4-6-16-10-14-5-7-17-15(19-14)13-8-11(2)18-12(3)9-13/h5,7-9,16H,4,6,10H2,1-3H3. The van der Waals surface area contributed by atoms with Crippen LogP contribution >= 0.6 is 0 Å². The van der Waals surface area contributed by atoms with Crippen molar-refractivity contribution in [1.82, 2.24) is 20.3 Å². The lowest BCUT2D eigenvalue weighted by atomic mass is 10.2. The van der Waals surface area contributed by atoms with E-state index in [1.165, 1.54) is 0 Å². The fourth-order valence-electron chi connectivity index (χ4n) is 1.99. The minimum atomic E-state index is 0.768. The van der Waals surface area contributed by atoms with Crippen LogP contribution in [0.3, 0.4) is 0 Å². The summed E-state index contributed by atoms with van der Waals surface area (Å²) in [5.41, 5.74) is 4.04. The van der Waals surface area contributed by atoms with Gasteiger partial charge in [-0.25, -0.2) is 9.97 Å². The minimum absolute atomic E-state index is 0.768. The van der Waals surface area contributed by atoms with Crippen molar-refractivity contribution < 1.29 is 0 Å². The molecular formula is C15H20N4. The number of aryl methyl sites for hydroxylation is 2. The van der Waals surface area contributed by atoms with Crippen LogP contribution in [-0.2, 0) is 6.54 Å². The topological polar surface area (TPSA) is 50.7 Å². The van der Waals surface area contributed by atoms with Crippen LogP contribution in [0.15, 0.2) is 24.4 Å². The van der Waals surface area contributed by atoms with E-state index in [9.17, 15) is 0 Å². The Morgan fingerprint density at radius 2 is 1.84 bits per heavy atom. The monoisotopic (exact) mass is 256 g/mol. The summed E-state index contributed by atoms with van der Waals surface area (Å²) >= 11 is 0. The third-order valence-electron chi connectivity index (χ3n) is 2.79. The molecule has 100 valence electrons. The highest BCUT2D eigenvalue weighted by atomic mass is 14.9. The summed E-state index contributed by atoms with van der Waals surface area (Å²) in [6.45, 7) is 7.92. The molecule has 0 aliphatic heterocycles. The molecule has 1 N–H and O–H groups in total. The molecule has 0 unspecified atom stereocenters. The average molecular weight is 256 g/mol. The van der Waals surface area contributed by atoms with Gasteiger partial charge in [-0.3, -0.25) is 4.98 Å². The van der Waals surface area contributed by atoms with Gasteiger partial charge in [-0.15, -0.1) is 0 Å². The summed E-state index contributed by atoms with van der Waals surface area (Å²) in [6, 6.07) is 5.99. The third-order valence-corrected chi connectivity index (χ3v) is 2.79. The third kappa shape index (κ3) is 3.83. The lowest BCUT2D eigenvalue weighted by Crippen LogP contribution is -2.15. The summed E-state index contributed by atoms with van der Waals surface area (Å²) in [6.07, 6.45) is 2.94. The lowest BCUT2D eigenvalue weighted by molar-refractivity contribution is 0.663. The van der Waals surface area contributed by atoms with Gasteiger partial charge in [-0.1, -0.05) is 6.92 Å². The van der Waals surface area contributed by atoms with Crippen LogP contribution in [0.1, 0.15) is 30.4 Å². The van der Waals surface area contributed by atoms with Gasteiger partial charge in [0.2, 0.25) is 0 Å². The Hall–Kier alpha value is -1.81. The van der Waals surface area contributed by atoms with Gasteiger partial charge in [0, 0.05) is 29.7 Å². The van der Waals surface area contributed by atoms with E-state index in [4.69, 9.17) is 0 Å².